The summed E-state index contributed by atoms with van der Waals surface area (Å²) >= 11 is 5.95. The van der Waals surface area contributed by atoms with Gasteiger partial charge in [-0.3, -0.25) is 4.68 Å². The van der Waals surface area contributed by atoms with E-state index in [0.29, 0.717) is 18.2 Å². The van der Waals surface area contributed by atoms with Crippen molar-refractivity contribution in [2.75, 3.05) is 11.5 Å². The fourth-order valence-electron chi connectivity index (χ4n) is 2.88. The monoisotopic (exact) mass is 288 g/mol. The lowest BCUT2D eigenvalue weighted by molar-refractivity contribution is 0.317. The molecule has 1 aromatic heterocycles. The average Bonchev–Trinajstić information content (AvgIpc) is 2.97. The summed E-state index contributed by atoms with van der Waals surface area (Å²) in [5.41, 5.74) is 1.84. The lowest BCUT2D eigenvalue weighted by Gasteiger charge is -2.26. The molecule has 0 bridgehead atoms. The number of hydrogen-bond acceptors (Lipinski definition) is 3. The minimum atomic E-state index is -2.92. The topological polar surface area (TPSA) is 52.0 Å². The van der Waals surface area contributed by atoms with Crippen LogP contribution >= 0.6 is 11.6 Å². The van der Waals surface area contributed by atoms with Crippen LogP contribution in [0.1, 0.15) is 43.4 Å². The number of hydrogen-bond donors (Lipinski definition) is 0. The van der Waals surface area contributed by atoms with E-state index < -0.39 is 9.84 Å². The van der Waals surface area contributed by atoms with Gasteiger partial charge in [0.2, 0.25) is 0 Å². The number of nitrogens with zero attached hydrogens (tertiary/aromatic N) is 2. The summed E-state index contributed by atoms with van der Waals surface area (Å²) in [5, 5.41) is 4.44. The first-order valence-electron chi connectivity index (χ1n) is 6.29. The Kier molecular flexibility index (Phi) is 2.75. The van der Waals surface area contributed by atoms with Crippen LogP contribution in [0.5, 0.6) is 0 Å². The van der Waals surface area contributed by atoms with Crippen molar-refractivity contribution in [1.82, 2.24) is 9.78 Å². The number of aromatic nitrogens is 2. The van der Waals surface area contributed by atoms with Gasteiger partial charge in [0.05, 0.1) is 29.1 Å². The predicted molar refractivity (Wildman–Crippen MR) is 70.7 cm³/mol. The van der Waals surface area contributed by atoms with Crippen LogP contribution in [0.4, 0.5) is 0 Å². The largest absolute Gasteiger partial charge is 0.262 e. The maximum Gasteiger partial charge on any atom is 0.152 e. The van der Waals surface area contributed by atoms with E-state index in [0.717, 1.165) is 5.56 Å². The van der Waals surface area contributed by atoms with Crippen LogP contribution in [0.3, 0.4) is 0 Å². The molecule has 0 spiro atoms. The SMILES string of the molecule is CC1(n2ncc(CCl)c2C2CC2)CCS(=O)(=O)C1. The number of alkyl halides is 1. The second kappa shape index (κ2) is 3.97. The smallest absolute Gasteiger partial charge is 0.152 e. The Labute approximate surface area is 112 Å². The molecule has 1 unspecified atom stereocenters. The number of halogens is 1. The molecule has 2 aliphatic rings. The van der Waals surface area contributed by atoms with Gasteiger partial charge in [0, 0.05) is 17.2 Å². The molecule has 4 nitrogen and oxygen atoms in total. The van der Waals surface area contributed by atoms with Crippen molar-refractivity contribution in [2.45, 2.75) is 43.5 Å². The Hall–Kier alpha value is -0.550. The maximum atomic E-state index is 11.7. The van der Waals surface area contributed by atoms with Crippen LogP contribution in [0.15, 0.2) is 6.20 Å². The third-order valence-corrected chi connectivity index (χ3v) is 6.16. The second-order valence-electron chi connectivity index (χ2n) is 5.71. The minimum absolute atomic E-state index is 0.198. The van der Waals surface area contributed by atoms with Crippen LogP contribution in [-0.2, 0) is 21.3 Å². The Morgan fingerprint density at radius 2 is 2.28 bits per heavy atom. The van der Waals surface area contributed by atoms with Crippen LogP contribution in [-0.4, -0.2) is 29.7 Å². The van der Waals surface area contributed by atoms with E-state index in [1.807, 2.05) is 11.6 Å². The molecule has 1 aliphatic carbocycles. The minimum Gasteiger partial charge on any atom is -0.262 e. The third-order valence-electron chi connectivity index (χ3n) is 3.99. The quantitative estimate of drug-likeness (QED) is 0.800. The van der Waals surface area contributed by atoms with Crippen LogP contribution in [0.25, 0.3) is 0 Å². The summed E-state index contributed by atoms with van der Waals surface area (Å²) in [6, 6.07) is 0. The highest BCUT2D eigenvalue weighted by Gasteiger charge is 2.44. The lowest BCUT2D eigenvalue weighted by atomic mass is 10.0. The molecule has 1 aliphatic heterocycles. The zero-order valence-electron chi connectivity index (χ0n) is 10.4. The zero-order valence-corrected chi connectivity index (χ0v) is 12.0. The van der Waals surface area contributed by atoms with Gasteiger partial charge >= 0.3 is 0 Å². The number of rotatable bonds is 3. The standard InChI is InChI=1S/C12H17ClN2O2S/c1-12(4-5-18(16,17)8-12)15-11(9-2-3-9)10(6-13)7-14-15/h7,9H,2-6,8H2,1H3. The van der Waals surface area contributed by atoms with E-state index >= 15 is 0 Å². The van der Waals surface area contributed by atoms with Gasteiger partial charge < -0.3 is 0 Å². The molecule has 0 radical (unpaired) electrons. The lowest BCUT2D eigenvalue weighted by Crippen LogP contribution is -2.33. The second-order valence-corrected chi connectivity index (χ2v) is 8.17. The molecule has 1 atom stereocenters. The first-order valence-corrected chi connectivity index (χ1v) is 8.64. The molecule has 2 heterocycles. The van der Waals surface area contributed by atoms with Crippen LogP contribution in [0, 0.1) is 0 Å². The molecule has 3 rings (SSSR count). The van der Waals surface area contributed by atoms with E-state index in [9.17, 15) is 8.42 Å². The van der Waals surface area contributed by atoms with Gasteiger partial charge in [0.1, 0.15) is 0 Å². The summed E-state index contributed by atoms with van der Waals surface area (Å²) in [7, 11) is -2.92. The Balaban J connectivity index is 2.04. The van der Waals surface area contributed by atoms with E-state index in [-0.39, 0.29) is 17.0 Å². The van der Waals surface area contributed by atoms with Crippen LogP contribution in [0.2, 0.25) is 0 Å². The molecular formula is C12H17ClN2O2S. The van der Waals surface area contributed by atoms with Gasteiger partial charge in [-0.15, -0.1) is 11.6 Å². The molecule has 0 N–H and O–H groups in total. The van der Waals surface area contributed by atoms with E-state index in [1.54, 1.807) is 6.20 Å². The third kappa shape index (κ3) is 1.97. The molecule has 1 saturated carbocycles. The van der Waals surface area contributed by atoms with Crippen molar-refractivity contribution in [1.29, 1.82) is 0 Å². The molecule has 0 amide bonds. The highest BCUT2D eigenvalue weighted by atomic mass is 35.5. The maximum absolute atomic E-state index is 11.7. The van der Waals surface area contributed by atoms with Crippen LogP contribution < -0.4 is 0 Å². The molecule has 1 aromatic rings. The normalized spacial score (nSPS) is 30.8. The Bertz CT molecular complexity index is 577. The van der Waals surface area contributed by atoms with E-state index in [1.165, 1.54) is 18.5 Å². The average molecular weight is 289 g/mol. The van der Waals surface area contributed by atoms with Gasteiger partial charge in [-0.1, -0.05) is 0 Å². The summed E-state index contributed by atoms with van der Waals surface area (Å²) < 4.78 is 25.4. The number of sulfone groups is 1. The van der Waals surface area contributed by atoms with E-state index in [4.69, 9.17) is 11.6 Å². The van der Waals surface area contributed by atoms with Gasteiger partial charge in [0.15, 0.2) is 9.84 Å². The van der Waals surface area contributed by atoms with E-state index in [2.05, 4.69) is 5.10 Å². The Morgan fingerprint density at radius 1 is 1.56 bits per heavy atom. The van der Waals surface area contributed by atoms with Gasteiger partial charge in [-0.05, 0) is 26.2 Å². The Morgan fingerprint density at radius 3 is 2.78 bits per heavy atom. The fraction of sp³-hybridized carbons (Fsp3) is 0.750. The zero-order chi connectivity index (χ0) is 13.0. The molecule has 1 saturated heterocycles. The molecule has 18 heavy (non-hydrogen) atoms. The summed E-state index contributed by atoms with van der Waals surface area (Å²) in [6.45, 7) is 1.99. The van der Waals surface area contributed by atoms with Gasteiger partial charge in [-0.2, -0.15) is 5.10 Å². The predicted octanol–water partition coefficient (Wildman–Crippen LogP) is 2.03. The van der Waals surface area contributed by atoms with Gasteiger partial charge in [0.25, 0.3) is 0 Å². The summed E-state index contributed by atoms with van der Waals surface area (Å²) in [5.74, 6) is 1.45. The van der Waals surface area contributed by atoms with Crippen molar-refractivity contribution in [3.8, 4) is 0 Å². The summed E-state index contributed by atoms with van der Waals surface area (Å²) in [4.78, 5) is 0. The molecule has 2 fully saturated rings. The van der Waals surface area contributed by atoms with Crippen molar-refractivity contribution in [3.05, 3.63) is 17.5 Å². The van der Waals surface area contributed by atoms with Crippen molar-refractivity contribution < 1.29 is 8.42 Å². The van der Waals surface area contributed by atoms with Crippen molar-refractivity contribution in [2.24, 2.45) is 0 Å². The fourth-order valence-corrected chi connectivity index (χ4v) is 5.19. The van der Waals surface area contributed by atoms with Crippen molar-refractivity contribution in [3.63, 3.8) is 0 Å². The molecule has 0 aromatic carbocycles. The molecule has 100 valence electrons. The highest BCUT2D eigenvalue weighted by Crippen LogP contribution is 2.45. The van der Waals surface area contributed by atoms with Gasteiger partial charge in [-0.25, -0.2) is 8.42 Å². The first kappa shape index (κ1) is 12.5. The highest BCUT2D eigenvalue weighted by molar-refractivity contribution is 7.91. The first-order chi connectivity index (χ1) is 8.45. The molecule has 6 heteroatoms. The summed E-state index contributed by atoms with van der Waals surface area (Å²) in [6.07, 6.45) is 4.78. The molecular weight excluding hydrogens is 272 g/mol. The van der Waals surface area contributed by atoms with Crippen molar-refractivity contribution >= 4 is 21.4 Å².